The number of carbonyl (C=O) groups is 1. The summed E-state index contributed by atoms with van der Waals surface area (Å²) in [7, 11) is 0. The lowest BCUT2D eigenvalue weighted by atomic mass is 9.80. The average Bonchev–Trinajstić information content (AvgIpc) is 3.19. The number of hydrogen-bond donors (Lipinski definition) is 1. The molecule has 1 amide bonds. The number of aromatic nitrogens is 2. The van der Waals surface area contributed by atoms with Gasteiger partial charge < -0.3 is 9.88 Å². The topological polar surface area (TPSA) is 46.9 Å². The predicted molar refractivity (Wildman–Crippen MR) is 97.7 cm³/mol. The minimum atomic E-state index is -0.0693. The van der Waals surface area contributed by atoms with Crippen molar-refractivity contribution < 1.29 is 4.79 Å². The lowest BCUT2D eigenvalue weighted by Crippen LogP contribution is -2.35. The Labute approximate surface area is 147 Å². The van der Waals surface area contributed by atoms with E-state index in [1.807, 2.05) is 47.3 Å². The van der Waals surface area contributed by atoms with Crippen LogP contribution in [0.25, 0.3) is 5.82 Å². The molecule has 2 atom stereocenters. The second kappa shape index (κ2) is 6.55. The van der Waals surface area contributed by atoms with Crippen LogP contribution in [0.4, 0.5) is 0 Å². The molecule has 3 aromatic rings. The van der Waals surface area contributed by atoms with Crippen molar-refractivity contribution in [3.05, 3.63) is 83.8 Å². The van der Waals surface area contributed by atoms with Crippen LogP contribution < -0.4 is 5.32 Å². The van der Waals surface area contributed by atoms with Gasteiger partial charge in [0.2, 0.25) is 0 Å². The van der Waals surface area contributed by atoms with Gasteiger partial charge in [0, 0.05) is 18.6 Å². The van der Waals surface area contributed by atoms with Crippen molar-refractivity contribution in [1.29, 1.82) is 0 Å². The molecule has 0 saturated carbocycles. The van der Waals surface area contributed by atoms with Gasteiger partial charge in [-0.15, -0.1) is 0 Å². The average molecular weight is 331 g/mol. The van der Waals surface area contributed by atoms with Crippen LogP contribution >= 0.6 is 0 Å². The molecular weight excluding hydrogens is 310 g/mol. The normalized spacial score (nSPS) is 19.2. The number of carbonyl (C=O) groups excluding carboxylic acids is 1. The predicted octanol–water partition coefficient (Wildman–Crippen LogP) is 3.93. The maximum atomic E-state index is 12.7. The zero-order chi connectivity index (χ0) is 17.2. The van der Waals surface area contributed by atoms with Crippen LogP contribution in [0.3, 0.4) is 0 Å². The molecule has 2 heterocycles. The number of hydrogen-bond acceptors (Lipinski definition) is 2. The fourth-order valence-corrected chi connectivity index (χ4v) is 3.53. The van der Waals surface area contributed by atoms with Gasteiger partial charge in [-0.05, 0) is 54.2 Å². The van der Waals surface area contributed by atoms with E-state index in [1.165, 1.54) is 11.1 Å². The molecule has 0 radical (unpaired) electrons. The number of amides is 1. The quantitative estimate of drug-likeness (QED) is 0.790. The van der Waals surface area contributed by atoms with Gasteiger partial charge in [0.15, 0.2) is 0 Å². The Bertz CT molecular complexity index is 868. The Balaban J connectivity index is 1.54. The minimum absolute atomic E-state index is 0.0570. The van der Waals surface area contributed by atoms with Crippen molar-refractivity contribution >= 4 is 5.91 Å². The molecule has 0 spiro atoms. The smallest absolute Gasteiger partial charge is 0.253 e. The molecule has 0 fully saturated rings. The van der Waals surface area contributed by atoms with Gasteiger partial charge >= 0.3 is 0 Å². The molecule has 126 valence electrons. The summed E-state index contributed by atoms with van der Waals surface area (Å²) < 4.78 is 1.92. The molecule has 0 aliphatic heterocycles. The molecule has 0 bridgehead atoms. The van der Waals surface area contributed by atoms with E-state index >= 15 is 0 Å². The van der Waals surface area contributed by atoms with Crippen molar-refractivity contribution in [3.8, 4) is 5.82 Å². The lowest BCUT2D eigenvalue weighted by Gasteiger charge is -2.32. The first-order chi connectivity index (χ1) is 12.2. The highest BCUT2D eigenvalue weighted by molar-refractivity contribution is 5.94. The Morgan fingerprint density at radius 1 is 1.12 bits per heavy atom. The molecule has 1 aromatic carbocycles. The number of benzene rings is 1. The van der Waals surface area contributed by atoms with Gasteiger partial charge in [-0.2, -0.15) is 0 Å². The Morgan fingerprint density at radius 2 is 1.92 bits per heavy atom. The molecule has 1 aliphatic carbocycles. The van der Waals surface area contributed by atoms with Crippen molar-refractivity contribution in [1.82, 2.24) is 14.9 Å². The number of nitrogens with one attached hydrogen (secondary N) is 1. The maximum absolute atomic E-state index is 12.7. The van der Waals surface area contributed by atoms with E-state index in [9.17, 15) is 4.79 Å². The third-order valence-electron chi connectivity index (χ3n) is 4.99. The Morgan fingerprint density at radius 3 is 2.68 bits per heavy atom. The summed E-state index contributed by atoms with van der Waals surface area (Å²) in [6, 6.07) is 16.1. The second-order valence-corrected chi connectivity index (χ2v) is 6.66. The molecule has 25 heavy (non-hydrogen) atoms. The van der Waals surface area contributed by atoms with E-state index in [-0.39, 0.29) is 11.9 Å². The van der Waals surface area contributed by atoms with E-state index < -0.39 is 0 Å². The molecule has 1 N–H and O–H groups in total. The molecule has 2 unspecified atom stereocenters. The van der Waals surface area contributed by atoms with Gasteiger partial charge in [0.05, 0.1) is 11.6 Å². The van der Waals surface area contributed by atoms with Gasteiger partial charge in [-0.25, -0.2) is 4.98 Å². The highest BCUT2D eigenvalue weighted by Crippen LogP contribution is 2.34. The van der Waals surface area contributed by atoms with Crippen LogP contribution in [-0.4, -0.2) is 15.5 Å². The van der Waals surface area contributed by atoms with Gasteiger partial charge in [0.25, 0.3) is 5.91 Å². The third kappa shape index (κ3) is 3.07. The standard InChI is InChI=1S/C21H21N3O/c1-15-8-9-16-6-2-3-7-18(16)20(15)23-21(25)17-10-11-19(22-14-17)24-12-4-5-13-24/h2-7,10-15,20H,8-9H2,1H3,(H,23,25). The summed E-state index contributed by atoms with van der Waals surface area (Å²) >= 11 is 0. The fraction of sp³-hybridized carbons (Fsp3) is 0.238. The first kappa shape index (κ1) is 15.6. The van der Waals surface area contributed by atoms with Crippen molar-refractivity contribution in [2.75, 3.05) is 0 Å². The molecule has 4 nitrogen and oxygen atoms in total. The van der Waals surface area contributed by atoms with E-state index in [0.717, 1.165) is 18.7 Å². The number of nitrogens with zero attached hydrogens (tertiary/aromatic N) is 2. The van der Waals surface area contributed by atoms with E-state index in [0.29, 0.717) is 11.5 Å². The van der Waals surface area contributed by atoms with E-state index in [1.54, 1.807) is 6.20 Å². The largest absolute Gasteiger partial charge is 0.345 e. The minimum Gasteiger partial charge on any atom is -0.345 e. The summed E-state index contributed by atoms with van der Waals surface area (Å²) in [5.41, 5.74) is 3.17. The summed E-state index contributed by atoms with van der Waals surface area (Å²) in [5.74, 6) is 1.16. The first-order valence-corrected chi connectivity index (χ1v) is 8.70. The Kier molecular flexibility index (Phi) is 4.10. The number of aryl methyl sites for hydroxylation is 1. The monoisotopic (exact) mass is 331 g/mol. The van der Waals surface area contributed by atoms with Gasteiger partial charge in [0.1, 0.15) is 5.82 Å². The zero-order valence-electron chi connectivity index (χ0n) is 14.2. The zero-order valence-corrected chi connectivity index (χ0v) is 14.2. The van der Waals surface area contributed by atoms with Crippen LogP contribution in [0.1, 0.15) is 40.9 Å². The highest BCUT2D eigenvalue weighted by Gasteiger charge is 2.27. The van der Waals surface area contributed by atoms with Crippen molar-refractivity contribution in [2.24, 2.45) is 5.92 Å². The molecule has 1 aliphatic rings. The maximum Gasteiger partial charge on any atom is 0.253 e. The fourth-order valence-electron chi connectivity index (χ4n) is 3.53. The van der Waals surface area contributed by atoms with Crippen LogP contribution in [0.15, 0.2) is 67.1 Å². The van der Waals surface area contributed by atoms with Gasteiger partial charge in [-0.3, -0.25) is 4.79 Å². The molecule has 4 heteroatoms. The van der Waals surface area contributed by atoms with Crippen LogP contribution in [0.2, 0.25) is 0 Å². The third-order valence-corrected chi connectivity index (χ3v) is 4.99. The summed E-state index contributed by atoms with van der Waals surface area (Å²) in [5, 5.41) is 3.21. The number of pyridine rings is 1. The summed E-state index contributed by atoms with van der Waals surface area (Å²) in [6.07, 6.45) is 7.68. The van der Waals surface area contributed by atoms with Gasteiger partial charge in [-0.1, -0.05) is 31.2 Å². The highest BCUT2D eigenvalue weighted by atomic mass is 16.1. The molecular formula is C21H21N3O. The molecule has 4 rings (SSSR count). The van der Waals surface area contributed by atoms with Crippen LogP contribution in [0, 0.1) is 5.92 Å². The Hall–Kier alpha value is -2.88. The SMILES string of the molecule is CC1CCc2ccccc2C1NC(=O)c1ccc(-n2cccc2)nc1. The van der Waals surface area contributed by atoms with E-state index in [4.69, 9.17) is 0 Å². The van der Waals surface area contributed by atoms with Crippen molar-refractivity contribution in [3.63, 3.8) is 0 Å². The second-order valence-electron chi connectivity index (χ2n) is 6.66. The molecule has 2 aromatic heterocycles. The van der Waals surface area contributed by atoms with Crippen LogP contribution in [0.5, 0.6) is 0 Å². The van der Waals surface area contributed by atoms with Crippen LogP contribution in [-0.2, 0) is 6.42 Å². The number of rotatable bonds is 3. The van der Waals surface area contributed by atoms with E-state index in [2.05, 4.69) is 35.4 Å². The number of fused-ring (bicyclic) bond motifs is 1. The lowest BCUT2D eigenvalue weighted by molar-refractivity contribution is 0.0919. The first-order valence-electron chi connectivity index (χ1n) is 8.70. The van der Waals surface area contributed by atoms with Crippen molar-refractivity contribution in [2.45, 2.75) is 25.8 Å². The summed E-state index contributed by atoms with van der Waals surface area (Å²) in [4.78, 5) is 17.1. The molecule has 0 saturated heterocycles. The summed E-state index contributed by atoms with van der Waals surface area (Å²) in [6.45, 7) is 2.20.